The summed E-state index contributed by atoms with van der Waals surface area (Å²) in [5.41, 5.74) is -0.392. The number of carbonyl (C=O) groups is 1. The third-order valence-electron chi connectivity index (χ3n) is 3.02. The molecule has 1 fully saturated rings. The van der Waals surface area contributed by atoms with E-state index in [1.165, 1.54) is 17.0 Å². The van der Waals surface area contributed by atoms with Crippen molar-refractivity contribution in [3.05, 3.63) is 34.6 Å². The molecular weight excluding hydrogens is 261 g/mol. The summed E-state index contributed by atoms with van der Waals surface area (Å²) in [6, 6.07) is 3.74. The summed E-state index contributed by atoms with van der Waals surface area (Å²) < 4.78 is 18.9. The van der Waals surface area contributed by atoms with Crippen molar-refractivity contribution in [3.63, 3.8) is 0 Å². The van der Waals surface area contributed by atoms with Gasteiger partial charge in [0.05, 0.1) is 17.7 Å². The third-order valence-corrected chi connectivity index (χ3v) is 3.33. The largest absolute Gasteiger partial charge is 0.465 e. The van der Waals surface area contributed by atoms with Gasteiger partial charge in [-0.25, -0.2) is 9.18 Å². The Hall–Kier alpha value is -1.33. The van der Waals surface area contributed by atoms with E-state index in [-0.39, 0.29) is 11.6 Å². The van der Waals surface area contributed by atoms with Crippen LogP contribution in [0.1, 0.15) is 25.5 Å². The number of hydrogen-bond acceptors (Lipinski definition) is 2. The van der Waals surface area contributed by atoms with Crippen molar-refractivity contribution in [2.75, 3.05) is 6.61 Å². The van der Waals surface area contributed by atoms with Crippen LogP contribution in [0.3, 0.4) is 0 Å². The minimum absolute atomic E-state index is 0.0128. The molecule has 1 aliphatic heterocycles. The lowest BCUT2D eigenvalue weighted by Gasteiger charge is -2.31. The first-order chi connectivity index (χ1) is 8.33. The summed E-state index contributed by atoms with van der Waals surface area (Å²) in [7, 11) is 0. The Morgan fingerprint density at radius 1 is 1.61 bits per heavy atom. The predicted molar refractivity (Wildman–Crippen MR) is 64.0 cm³/mol. The second-order valence-electron chi connectivity index (χ2n) is 4.60. The summed E-state index contributed by atoms with van der Waals surface area (Å²) >= 11 is 5.61. The summed E-state index contributed by atoms with van der Waals surface area (Å²) in [6.07, 6.45) is -1.10. The second-order valence-corrected chi connectivity index (χ2v) is 5.01. The maximum atomic E-state index is 13.4. The zero-order valence-electron chi connectivity index (χ0n) is 9.98. The maximum Gasteiger partial charge on any atom is 0.410 e. The smallest absolute Gasteiger partial charge is 0.410 e. The summed E-state index contributed by atoms with van der Waals surface area (Å²) in [4.78, 5) is 12.5. The van der Waals surface area contributed by atoms with Crippen LogP contribution in [0.25, 0.3) is 0 Å². The molecule has 4 nitrogen and oxygen atoms in total. The van der Waals surface area contributed by atoms with Crippen LogP contribution < -0.4 is 0 Å². The SMILES string of the molecule is CC1(C)OC[C@H](c2ccc(Cl)c(F)c2)N1C(=O)O. The molecule has 0 spiro atoms. The van der Waals surface area contributed by atoms with Crippen LogP contribution in [0.4, 0.5) is 9.18 Å². The van der Waals surface area contributed by atoms with Crippen molar-refractivity contribution < 1.29 is 19.0 Å². The average Bonchev–Trinajstić information content (AvgIpc) is 2.58. The van der Waals surface area contributed by atoms with Crippen LogP contribution in [0.5, 0.6) is 0 Å². The maximum absolute atomic E-state index is 13.4. The number of hydrogen-bond donors (Lipinski definition) is 1. The number of carboxylic acid groups (broad SMARTS) is 1. The Morgan fingerprint density at radius 2 is 2.28 bits per heavy atom. The molecule has 0 aromatic heterocycles. The molecule has 18 heavy (non-hydrogen) atoms. The highest BCUT2D eigenvalue weighted by atomic mass is 35.5. The molecule has 0 aliphatic carbocycles. The second kappa shape index (κ2) is 4.40. The van der Waals surface area contributed by atoms with Gasteiger partial charge in [-0.15, -0.1) is 0 Å². The van der Waals surface area contributed by atoms with E-state index >= 15 is 0 Å². The molecule has 1 aromatic rings. The zero-order valence-corrected chi connectivity index (χ0v) is 10.7. The highest BCUT2D eigenvalue weighted by Crippen LogP contribution is 2.37. The molecule has 1 atom stereocenters. The van der Waals surface area contributed by atoms with Gasteiger partial charge in [0.25, 0.3) is 0 Å². The number of ether oxygens (including phenoxy) is 1. The fraction of sp³-hybridized carbons (Fsp3) is 0.417. The Bertz CT molecular complexity index is 492. The zero-order chi connectivity index (χ0) is 13.5. The standard InChI is InChI=1S/C12H13ClFNO3/c1-12(2)15(11(16)17)10(6-18-12)7-3-4-8(13)9(14)5-7/h3-5,10H,6H2,1-2H3,(H,16,17)/t10-/m1/s1. The molecule has 6 heteroatoms. The predicted octanol–water partition coefficient (Wildman–Crippen LogP) is 3.27. The Labute approximate surface area is 109 Å². The van der Waals surface area contributed by atoms with Gasteiger partial charge in [-0.2, -0.15) is 0 Å². The summed E-state index contributed by atoms with van der Waals surface area (Å²) in [5.74, 6) is -0.566. The van der Waals surface area contributed by atoms with E-state index in [2.05, 4.69) is 0 Å². The molecule has 2 rings (SSSR count). The quantitative estimate of drug-likeness (QED) is 0.854. The van der Waals surface area contributed by atoms with Gasteiger partial charge in [0, 0.05) is 0 Å². The lowest BCUT2D eigenvalue weighted by molar-refractivity contribution is -0.0420. The minimum Gasteiger partial charge on any atom is -0.465 e. The van der Waals surface area contributed by atoms with E-state index in [0.717, 1.165) is 0 Å². The van der Waals surface area contributed by atoms with E-state index in [1.807, 2.05) is 0 Å². The topological polar surface area (TPSA) is 49.8 Å². The van der Waals surface area contributed by atoms with Crippen molar-refractivity contribution in [2.45, 2.75) is 25.6 Å². The van der Waals surface area contributed by atoms with Crippen LogP contribution in [0.2, 0.25) is 5.02 Å². The third kappa shape index (κ3) is 2.15. The Morgan fingerprint density at radius 3 is 2.83 bits per heavy atom. The molecule has 0 saturated carbocycles. The molecular formula is C12H13ClFNO3. The van der Waals surface area contributed by atoms with Crippen molar-refractivity contribution >= 4 is 17.7 Å². The lowest BCUT2D eigenvalue weighted by Crippen LogP contribution is -2.44. The Balaban J connectivity index is 2.38. The summed E-state index contributed by atoms with van der Waals surface area (Å²) in [6.45, 7) is 3.52. The molecule has 1 aromatic carbocycles. The van der Waals surface area contributed by atoms with E-state index in [4.69, 9.17) is 16.3 Å². The van der Waals surface area contributed by atoms with Crippen LogP contribution in [-0.2, 0) is 4.74 Å². The number of amides is 1. The van der Waals surface area contributed by atoms with E-state index in [1.54, 1.807) is 19.9 Å². The van der Waals surface area contributed by atoms with E-state index < -0.39 is 23.7 Å². The monoisotopic (exact) mass is 273 g/mol. The molecule has 0 radical (unpaired) electrons. The fourth-order valence-corrected chi connectivity index (χ4v) is 2.25. The molecule has 1 saturated heterocycles. The van der Waals surface area contributed by atoms with Gasteiger partial charge in [0.15, 0.2) is 0 Å². The molecule has 0 bridgehead atoms. The first-order valence-corrected chi connectivity index (χ1v) is 5.82. The number of halogens is 2. The highest BCUT2D eigenvalue weighted by Gasteiger charge is 2.44. The van der Waals surface area contributed by atoms with Gasteiger partial charge in [0.2, 0.25) is 0 Å². The van der Waals surface area contributed by atoms with Crippen molar-refractivity contribution in [1.29, 1.82) is 0 Å². The molecule has 1 amide bonds. The fourth-order valence-electron chi connectivity index (χ4n) is 2.13. The normalized spacial score (nSPS) is 22.2. The first-order valence-electron chi connectivity index (χ1n) is 5.44. The van der Waals surface area contributed by atoms with Crippen LogP contribution in [-0.4, -0.2) is 28.4 Å². The molecule has 1 N–H and O–H groups in total. The van der Waals surface area contributed by atoms with Crippen molar-refractivity contribution in [2.24, 2.45) is 0 Å². The molecule has 1 heterocycles. The number of nitrogens with zero attached hydrogens (tertiary/aromatic N) is 1. The minimum atomic E-state index is -1.10. The number of benzene rings is 1. The van der Waals surface area contributed by atoms with Gasteiger partial charge in [-0.05, 0) is 31.5 Å². The van der Waals surface area contributed by atoms with Crippen molar-refractivity contribution in [1.82, 2.24) is 4.90 Å². The van der Waals surface area contributed by atoms with Gasteiger partial charge < -0.3 is 9.84 Å². The van der Waals surface area contributed by atoms with Crippen LogP contribution >= 0.6 is 11.6 Å². The van der Waals surface area contributed by atoms with Gasteiger partial charge in [0.1, 0.15) is 11.5 Å². The molecule has 98 valence electrons. The average molecular weight is 274 g/mol. The molecule has 1 aliphatic rings. The Kier molecular flexibility index (Phi) is 3.21. The summed E-state index contributed by atoms with van der Waals surface area (Å²) in [5, 5.41) is 9.24. The van der Waals surface area contributed by atoms with Gasteiger partial charge in [-0.3, -0.25) is 4.90 Å². The molecule has 0 unspecified atom stereocenters. The number of rotatable bonds is 1. The highest BCUT2D eigenvalue weighted by molar-refractivity contribution is 6.30. The van der Waals surface area contributed by atoms with Crippen LogP contribution in [0.15, 0.2) is 18.2 Å². The van der Waals surface area contributed by atoms with Gasteiger partial charge in [-0.1, -0.05) is 17.7 Å². The van der Waals surface area contributed by atoms with E-state index in [9.17, 15) is 14.3 Å². The van der Waals surface area contributed by atoms with Crippen molar-refractivity contribution in [3.8, 4) is 0 Å². The van der Waals surface area contributed by atoms with E-state index in [0.29, 0.717) is 5.56 Å². The van der Waals surface area contributed by atoms with Gasteiger partial charge >= 0.3 is 6.09 Å². The first kappa shape index (κ1) is 13.1. The van der Waals surface area contributed by atoms with Crippen LogP contribution in [0, 0.1) is 5.82 Å². The lowest BCUT2D eigenvalue weighted by atomic mass is 10.1.